The molecule has 8 nitrogen and oxygen atoms in total. The summed E-state index contributed by atoms with van der Waals surface area (Å²) in [5.41, 5.74) is -0.251. The summed E-state index contributed by atoms with van der Waals surface area (Å²) in [4.78, 5) is 4.74. The van der Waals surface area contributed by atoms with Crippen LogP contribution in [0.4, 0.5) is 0 Å². The summed E-state index contributed by atoms with van der Waals surface area (Å²) in [7, 11) is -1.35. The molecule has 2 heterocycles. The molecule has 0 atom stereocenters. The van der Waals surface area contributed by atoms with Crippen LogP contribution in [0, 0.1) is 0 Å². The number of ether oxygens (including phenoxy) is 2. The van der Waals surface area contributed by atoms with Crippen molar-refractivity contribution in [2.45, 2.75) is 51.2 Å². The highest BCUT2D eigenvalue weighted by Gasteiger charge is 2.32. The van der Waals surface area contributed by atoms with E-state index in [1.807, 2.05) is 6.92 Å². The average Bonchev–Trinajstić information content (AvgIpc) is 2.67. The number of hydrogen-bond acceptors (Lipinski definition) is 5. The van der Waals surface area contributed by atoms with Crippen molar-refractivity contribution in [2.24, 2.45) is 4.99 Å². The largest absolute Gasteiger partial charge is 0.381 e. The summed E-state index contributed by atoms with van der Waals surface area (Å²) in [6.45, 7) is 7.63. The van der Waals surface area contributed by atoms with Gasteiger partial charge in [-0.05, 0) is 26.7 Å². The van der Waals surface area contributed by atoms with E-state index in [-0.39, 0.29) is 17.4 Å². The minimum atomic E-state index is -3.09. The number of sulfonamides is 1. The molecule has 2 saturated heterocycles. The molecule has 2 fully saturated rings. The first kappa shape index (κ1) is 21.4. The normalized spacial score (nSPS) is 23.0. The van der Waals surface area contributed by atoms with Crippen molar-refractivity contribution >= 4 is 16.0 Å². The average molecular weight is 391 g/mol. The molecule has 0 aromatic carbocycles. The van der Waals surface area contributed by atoms with Gasteiger partial charge in [0.25, 0.3) is 0 Å². The van der Waals surface area contributed by atoms with Gasteiger partial charge in [0.15, 0.2) is 5.96 Å². The zero-order valence-electron chi connectivity index (χ0n) is 16.3. The molecule has 0 aromatic heterocycles. The van der Waals surface area contributed by atoms with Crippen LogP contribution in [0.15, 0.2) is 4.99 Å². The number of aliphatic imine (C=N–C) groups is 1. The SMILES string of the molecule is CCNC(=NCC1(OC)CCOCC1)NC1CCN(S(=O)(=O)CC)CC1. The molecule has 0 bridgehead atoms. The first-order valence-corrected chi connectivity index (χ1v) is 11.2. The van der Waals surface area contributed by atoms with Crippen LogP contribution < -0.4 is 10.6 Å². The van der Waals surface area contributed by atoms with Crippen LogP contribution in [0.3, 0.4) is 0 Å². The lowest BCUT2D eigenvalue weighted by Crippen LogP contribution is -2.50. The molecule has 26 heavy (non-hydrogen) atoms. The van der Waals surface area contributed by atoms with E-state index < -0.39 is 10.0 Å². The second-order valence-electron chi connectivity index (χ2n) is 6.91. The molecule has 2 aliphatic rings. The van der Waals surface area contributed by atoms with Gasteiger partial charge < -0.3 is 20.1 Å². The topological polar surface area (TPSA) is 92.3 Å². The van der Waals surface area contributed by atoms with E-state index >= 15 is 0 Å². The zero-order chi connectivity index (χ0) is 19.0. The summed E-state index contributed by atoms with van der Waals surface area (Å²) < 4.78 is 36.7. The summed E-state index contributed by atoms with van der Waals surface area (Å²) in [6.07, 6.45) is 3.26. The zero-order valence-corrected chi connectivity index (χ0v) is 17.1. The number of rotatable bonds is 7. The van der Waals surface area contributed by atoms with Crippen LogP contribution in [0.2, 0.25) is 0 Å². The highest BCUT2D eigenvalue weighted by atomic mass is 32.2. The minimum Gasteiger partial charge on any atom is -0.381 e. The van der Waals surface area contributed by atoms with Gasteiger partial charge in [0.05, 0.1) is 17.9 Å². The third kappa shape index (κ3) is 5.80. The van der Waals surface area contributed by atoms with Crippen LogP contribution in [0.25, 0.3) is 0 Å². The van der Waals surface area contributed by atoms with Gasteiger partial charge in [-0.2, -0.15) is 0 Å². The summed E-state index contributed by atoms with van der Waals surface area (Å²) in [6, 6.07) is 0.226. The highest BCUT2D eigenvalue weighted by Crippen LogP contribution is 2.24. The Hall–Kier alpha value is -0.900. The summed E-state index contributed by atoms with van der Waals surface area (Å²) in [5, 5.41) is 6.74. The molecule has 2 rings (SSSR count). The number of nitrogens with zero attached hydrogens (tertiary/aromatic N) is 2. The first-order valence-electron chi connectivity index (χ1n) is 9.60. The van der Waals surface area contributed by atoms with E-state index in [1.165, 1.54) is 0 Å². The van der Waals surface area contributed by atoms with Crippen molar-refractivity contribution in [3.05, 3.63) is 0 Å². The fourth-order valence-electron chi connectivity index (χ4n) is 3.37. The van der Waals surface area contributed by atoms with Gasteiger partial charge >= 0.3 is 0 Å². The lowest BCUT2D eigenvalue weighted by atomic mass is 9.94. The van der Waals surface area contributed by atoms with E-state index in [4.69, 9.17) is 14.5 Å². The van der Waals surface area contributed by atoms with Crippen molar-refractivity contribution in [2.75, 3.05) is 52.3 Å². The molecule has 0 spiro atoms. The molecule has 0 unspecified atom stereocenters. The Morgan fingerprint density at radius 3 is 2.46 bits per heavy atom. The van der Waals surface area contributed by atoms with Gasteiger partial charge in [-0.1, -0.05) is 0 Å². The van der Waals surface area contributed by atoms with Gasteiger partial charge in [0.1, 0.15) is 0 Å². The molecule has 152 valence electrons. The van der Waals surface area contributed by atoms with Crippen LogP contribution in [-0.4, -0.2) is 82.6 Å². The molecule has 0 aliphatic carbocycles. The summed E-state index contributed by atoms with van der Waals surface area (Å²) in [5.74, 6) is 0.935. The Bertz CT molecular complexity index is 553. The van der Waals surface area contributed by atoms with E-state index in [0.29, 0.717) is 32.8 Å². The number of piperidine rings is 1. The smallest absolute Gasteiger partial charge is 0.213 e. The van der Waals surface area contributed by atoms with E-state index in [9.17, 15) is 8.42 Å². The van der Waals surface area contributed by atoms with Crippen molar-refractivity contribution in [3.63, 3.8) is 0 Å². The van der Waals surface area contributed by atoms with Gasteiger partial charge in [0, 0.05) is 58.8 Å². The molecular weight excluding hydrogens is 356 g/mol. The number of guanidine groups is 1. The van der Waals surface area contributed by atoms with Gasteiger partial charge in [-0.3, -0.25) is 4.99 Å². The van der Waals surface area contributed by atoms with E-state index in [2.05, 4.69) is 10.6 Å². The minimum absolute atomic E-state index is 0.165. The maximum atomic E-state index is 12.0. The number of methoxy groups -OCH3 is 1. The van der Waals surface area contributed by atoms with Gasteiger partial charge in [-0.15, -0.1) is 0 Å². The predicted molar refractivity (Wildman–Crippen MR) is 103 cm³/mol. The Balaban J connectivity index is 1.91. The first-order chi connectivity index (χ1) is 12.4. The Kier molecular flexibility index (Phi) is 8.12. The number of hydrogen-bond donors (Lipinski definition) is 2. The van der Waals surface area contributed by atoms with Gasteiger partial charge in [-0.25, -0.2) is 12.7 Å². The van der Waals surface area contributed by atoms with E-state index in [1.54, 1.807) is 18.3 Å². The molecule has 0 saturated carbocycles. The third-order valence-electron chi connectivity index (χ3n) is 5.26. The van der Waals surface area contributed by atoms with Crippen molar-refractivity contribution in [1.82, 2.24) is 14.9 Å². The van der Waals surface area contributed by atoms with Gasteiger partial charge in [0.2, 0.25) is 10.0 Å². The maximum Gasteiger partial charge on any atom is 0.213 e. The van der Waals surface area contributed by atoms with E-state index in [0.717, 1.165) is 38.2 Å². The molecule has 0 radical (unpaired) electrons. The summed E-state index contributed by atoms with van der Waals surface area (Å²) >= 11 is 0. The lowest BCUT2D eigenvalue weighted by molar-refractivity contribution is -0.0828. The van der Waals surface area contributed by atoms with Crippen LogP contribution in [0.1, 0.15) is 39.5 Å². The van der Waals surface area contributed by atoms with Crippen molar-refractivity contribution < 1.29 is 17.9 Å². The Morgan fingerprint density at radius 2 is 1.92 bits per heavy atom. The van der Waals surface area contributed by atoms with Crippen LogP contribution in [-0.2, 0) is 19.5 Å². The Morgan fingerprint density at radius 1 is 1.27 bits per heavy atom. The quantitative estimate of drug-likeness (QED) is 0.487. The fraction of sp³-hybridized carbons (Fsp3) is 0.941. The fourth-order valence-corrected chi connectivity index (χ4v) is 4.50. The maximum absolute atomic E-state index is 12.0. The highest BCUT2D eigenvalue weighted by molar-refractivity contribution is 7.89. The Labute approximate surface area is 157 Å². The van der Waals surface area contributed by atoms with Crippen LogP contribution >= 0.6 is 0 Å². The molecule has 9 heteroatoms. The molecule has 0 amide bonds. The van der Waals surface area contributed by atoms with Crippen LogP contribution in [0.5, 0.6) is 0 Å². The molecule has 2 aliphatic heterocycles. The standard InChI is InChI=1S/C17H34N4O4S/c1-4-18-16(19-14-17(24-3)8-12-25-13-9-17)20-15-6-10-21(11-7-15)26(22,23)5-2/h15H,4-14H2,1-3H3,(H2,18,19,20). The lowest BCUT2D eigenvalue weighted by Gasteiger charge is -2.35. The van der Waals surface area contributed by atoms with Crippen molar-refractivity contribution in [3.8, 4) is 0 Å². The number of nitrogens with one attached hydrogen (secondary N) is 2. The predicted octanol–water partition coefficient (Wildman–Crippen LogP) is 0.551. The third-order valence-corrected chi connectivity index (χ3v) is 7.14. The second kappa shape index (κ2) is 9.87. The monoisotopic (exact) mass is 390 g/mol. The molecule has 2 N–H and O–H groups in total. The second-order valence-corrected chi connectivity index (χ2v) is 9.17. The van der Waals surface area contributed by atoms with Crippen molar-refractivity contribution in [1.29, 1.82) is 0 Å². The molecular formula is C17H34N4O4S. The molecule has 0 aromatic rings.